The van der Waals surface area contributed by atoms with Crippen molar-refractivity contribution in [3.63, 3.8) is 0 Å². The first-order valence-corrected chi connectivity index (χ1v) is 14.3. The van der Waals surface area contributed by atoms with Gasteiger partial charge >= 0.3 is 0 Å². The Bertz CT molecular complexity index is 1510. The maximum absolute atomic E-state index is 5.83. The van der Waals surface area contributed by atoms with Gasteiger partial charge in [-0.25, -0.2) is 9.97 Å². The number of nitrogens with one attached hydrogen (secondary N) is 2. The molecule has 4 aromatic rings. The van der Waals surface area contributed by atoms with Gasteiger partial charge in [0.1, 0.15) is 5.75 Å². The standard InChI is InChI=1S/C31H35N7O/c1-39-30-12-23(36-15-20-17-37(18-21(20)16-36)24-13-32-14-24)8-9-28(30)35-31-33-11-10-27(34-31)26-19-38(22-6-7-22)29-5-3-2-4-25(26)29/h2-5,8-12,19-22,24,32H,6-7,13-18H2,1H3,(H,33,34,35). The first-order valence-electron chi connectivity index (χ1n) is 14.3. The number of methoxy groups -OCH3 is 1. The van der Waals surface area contributed by atoms with E-state index in [0.717, 1.165) is 66.8 Å². The number of nitrogens with zero attached hydrogens (tertiary/aromatic N) is 5. The Morgan fingerprint density at radius 3 is 2.51 bits per heavy atom. The van der Waals surface area contributed by atoms with Crippen molar-refractivity contribution in [1.29, 1.82) is 0 Å². The van der Waals surface area contributed by atoms with Crippen molar-refractivity contribution in [2.24, 2.45) is 11.8 Å². The average molecular weight is 522 g/mol. The molecule has 3 aliphatic heterocycles. The van der Waals surface area contributed by atoms with Crippen LogP contribution >= 0.6 is 0 Å². The summed E-state index contributed by atoms with van der Waals surface area (Å²) in [7, 11) is 1.73. The zero-order chi connectivity index (χ0) is 25.9. The summed E-state index contributed by atoms with van der Waals surface area (Å²) in [6.45, 7) is 7.03. The third-order valence-corrected chi connectivity index (χ3v) is 9.20. The molecule has 8 rings (SSSR count). The van der Waals surface area contributed by atoms with E-state index in [-0.39, 0.29) is 0 Å². The summed E-state index contributed by atoms with van der Waals surface area (Å²) in [5, 5.41) is 8.08. The van der Waals surface area contributed by atoms with Crippen molar-refractivity contribution < 1.29 is 4.74 Å². The molecule has 8 nitrogen and oxygen atoms in total. The number of anilines is 3. The predicted octanol–water partition coefficient (Wildman–Crippen LogP) is 4.53. The molecular formula is C31H35N7O. The summed E-state index contributed by atoms with van der Waals surface area (Å²) in [5.74, 6) is 2.90. The lowest BCUT2D eigenvalue weighted by Crippen LogP contribution is -2.56. The third kappa shape index (κ3) is 4.13. The van der Waals surface area contributed by atoms with Crippen LogP contribution in [0.2, 0.25) is 0 Å². The van der Waals surface area contributed by atoms with Crippen LogP contribution in [-0.2, 0) is 0 Å². The third-order valence-electron chi connectivity index (χ3n) is 9.20. The van der Waals surface area contributed by atoms with E-state index >= 15 is 0 Å². The minimum Gasteiger partial charge on any atom is -0.494 e. The molecule has 4 fully saturated rings. The van der Waals surface area contributed by atoms with E-state index in [1.807, 2.05) is 12.3 Å². The molecule has 5 heterocycles. The topological polar surface area (TPSA) is 70.5 Å². The summed E-state index contributed by atoms with van der Waals surface area (Å²) in [4.78, 5) is 14.7. The van der Waals surface area contributed by atoms with Crippen LogP contribution in [0.3, 0.4) is 0 Å². The van der Waals surface area contributed by atoms with Gasteiger partial charge in [0.15, 0.2) is 0 Å². The van der Waals surface area contributed by atoms with Crippen LogP contribution in [-0.4, -0.2) is 71.9 Å². The van der Waals surface area contributed by atoms with Crippen LogP contribution in [0.4, 0.5) is 17.3 Å². The second-order valence-corrected chi connectivity index (χ2v) is 11.7. The quantitative estimate of drug-likeness (QED) is 0.370. The largest absolute Gasteiger partial charge is 0.494 e. The number of fused-ring (bicyclic) bond motifs is 2. The monoisotopic (exact) mass is 521 g/mol. The minimum absolute atomic E-state index is 0.572. The SMILES string of the molecule is COc1cc(N2CC3CN(C4CNC4)CC3C2)ccc1Nc1nccc(-c2cn(C3CC3)c3ccccc23)n1. The number of likely N-dealkylation sites (tertiary alicyclic amines) is 1. The Morgan fingerprint density at radius 2 is 1.77 bits per heavy atom. The molecule has 0 bridgehead atoms. The highest BCUT2D eigenvalue weighted by molar-refractivity contribution is 5.95. The molecule has 3 saturated heterocycles. The van der Waals surface area contributed by atoms with Crippen molar-refractivity contribution in [3.05, 3.63) is 60.9 Å². The molecule has 2 aromatic heterocycles. The number of hydrogen-bond acceptors (Lipinski definition) is 7. The molecule has 0 radical (unpaired) electrons. The zero-order valence-corrected chi connectivity index (χ0v) is 22.4. The fourth-order valence-corrected chi connectivity index (χ4v) is 6.80. The Balaban J connectivity index is 1.01. The smallest absolute Gasteiger partial charge is 0.227 e. The molecule has 2 N–H and O–H groups in total. The van der Waals surface area contributed by atoms with E-state index in [1.54, 1.807) is 7.11 Å². The number of para-hydroxylation sites is 1. The van der Waals surface area contributed by atoms with E-state index < -0.39 is 0 Å². The molecule has 1 saturated carbocycles. The number of ether oxygens (including phenoxy) is 1. The fourth-order valence-electron chi connectivity index (χ4n) is 6.80. The highest BCUT2D eigenvalue weighted by Crippen LogP contribution is 2.42. The van der Waals surface area contributed by atoms with Crippen LogP contribution in [0.5, 0.6) is 5.75 Å². The van der Waals surface area contributed by atoms with Gasteiger partial charge in [0.2, 0.25) is 5.95 Å². The van der Waals surface area contributed by atoms with Gasteiger partial charge in [0.25, 0.3) is 0 Å². The van der Waals surface area contributed by atoms with Gasteiger partial charge < -0.3 is 24.8 Å². The molecule has 2 unspecified atom stereocenters. The maximum Gasteiger partial charge on any atom is 0.227 e. The molecule has 8 heteroatoms. The van der Waals surface area contributed by atoms with E-state index in [0.29, 0.717) is 12.0 Å². The second-order valence-electron chi connectivity index (χ2n) is 11.7. The Hall–Kier alpha value is -3.62. The van der Waals surface area contributed by atoms with Gasteiger partial charge in [-0.15, -0.1) is 0 Å². The van der Waals surface area contributed by atoms with Crippen molar-refractivity contribution in [2.75, 3.05) is 56.6 Å². The summed E-state index contributed by atoms with van der Waals surface area (Å²) >= 11 is 0. The summed E-state index contributed by atoms with van der Waals surface area (Å²) in [6, 6.07) is 18.4. The van der Waals surface area contributed by atoms with Gasteiger partial charge in [-0.3, -0.25) is 4.90 Å². The molecular weight excluding hydrogens is 486 g/mol. The maximum atomic E-state index is 5.83. The Kier molecular flexibility index (Phi) is 5.52. The van der Waals surface area contributed by atoms with Gasteiger partial charge in [-0.1, -0.05) is 18.2 Å². The van der Waals surface area contributed by atoms with Crippen LogP contribution in [0.1, 0.15) is 18.9 Å². The second kappa shape index (κ2) is 9.24. The zero-order valence-electron chi connectivity index (χ0n) is 22.4. The molecule has 2 aromatic carbocycles. The highest BCUT2D eigenvalue weighted by Gasteiger charge is 2.43. The van der Waals surface area contributed by atoms with E-state index in [2.05, 4.69) is 78.6 Å². The van der Waals surface area contributed by atoms with E-state index in [4.69, 9.17) is 9.72 Å². The summed E-state index contributed by atoms with van der Waals surface area (Å²) in [5.41, 5.74) is 5.46. The lowest BCUT2D eigenvalue weighted by molar-refractivity contribution is 0.169. The van der Waals surface area contributed by atoms with Crippen molar-refractivity contribution in [1.82, 2.24) is 24.8 Å². The van der Waals surface area contributed by atoms with Crippen LogP contribution in [0.25, 0.3) is 22.2 Å². The van der Waals surface area contributed by atoms with Crippen LogP contribution in [0, 0.1) is 11.8 Å². The van der Waals surface area contributed by atoms with Gasteiger partial charge in [-0.05, 0) is 48.9 Å². The van der Waals surface area contributed by atoms with Gasteiger partial charge in [0, 0.05) is 92.0 Å². The van der Waals surface area contributed by atoms with E-state index in [9.17, 15) is 0 Å². The number of hydrogen-bond donors (Lipinski definition) is 2. The van der Waals surface area contributed by atoms with Crippen molar-refractivity contribution in [3.8, 4) is 17.0 Å². The lowest BCUT2D eigenvalue weighted by Gasteiger charge is -2.36. The fraction of sp³-hybridized carbons (Fsp3) is 0.419. The molecule has 2 atom stereocenters. The van der Waals surface area contributed by atoms with Gasteiger partial charge in [-0.2, -0.15) is 0 Å². The lowest BCUT2D eigenvalue weighted by atomic mass is 10.0. The molecule has 4 aliphatic rings. The summed E-state index contributed by atoms with van der Waals surface area (Å²) in [6.07, 6.45) is 6.60. The average Bonchev–Trinajstić information content (AvgIpc) is 3.42. The first-order chi connectivity index (χ1) is 19.2. The van der Waals surface area contributed by atoms with Crippen molar-refractivity contribution >= 4 is 28.2 Å². The molecule has 0 spiro atoms. The molecule has 1 aliphatic carbocycles. The predicted molar refractivity (Wildman–Crippen MR) is 155 cm³/mol. The number of rotatable bonds is 7. The molecule has 200 valence electrons. The van der Waals surface area contributed by atoms with Crippen LogP contribution < -0.4 is 20.3 Å². The summed E-state index contributed by atoms with van der Waals surface area (Å²) < 4.78 is 8.24. The normalized spacial score (nSPS) is 23.3. The molecule has 39 heavy (non-hydrogen) atoms. The van der Waals surface area contributed by atoms with Crippen LogP contribution in [0.15, 0.2) is 60.9 Å². The first kappa shape index (κ1) is 23.3. The molecule has 0 amide bonds. The minimum atomic E-state index is 0.572. The van der Waals surface area contributed by atoms with Gasteiger partial charge in [0.05, 0.1) is 18.5 Å². The van der Waals surface area contributed by atoms with Crippen molar-refractivity contribution in [2.45, 2.75) is 24.9 Å². The Labute approximate surface area is 229 Å². The number of benzene rings is 2. The van der Waals surface area contributed by atoms with E-state index in [1.165, 1.54) is 42.5 Å². The Morgan fingerprint density at radius 1 is 0.949 bits per heavy atom. The highest BCUT2D eigenvalue weighted by atomic mass is 16.5. The number of aromatic nitrogens is 3.